The zero-order valence-electron chi connectivity index (χ0n) is 14.3. The number of nitrogens with zero attached hydrogens (tertiary/aromatic N) is 1. The summed E-state index contributed by atoms with van der Waals surface area (Å²) in [6.07, 6.45) is 0.481. The van der Waals surface area contributed by atoms with Crippen LogP contribution in [0, 0.1) is 11.8 Å². The maximum atomic E-state index is 13.1. The molecule has 26 heavy (non-hydrogen) atoms. The van der Waals surface area contributed by atoms with Crippen LogP contribution in [-0.2, 0) is 10.0 Å². The fourth-order valence-electron chi connectivity index (χ4n) is 2.64. The molecule has 0 saturated heterocycles. The molecule has 0 saturated carbocycles. The second-order valence-electron chi connectivity index (χ2n) is 6.29. The molecule has 0 aliphatic heterocycles. The monoisotopic (exact) mass is 367 g/mol. The van der Waals surface area contributed by atoms with E-state index in [1.54, 1.807) is 42.5 Å². The molecule has 0 bridgehead atoms. The van der Waals surface area contributed by atoms with Crippen LogP contribution in [0.1, 0.15) is 29.9 Å². The van der Waals surface area contributed by atoms with Gasteiger partial charge >= 0.3 is 0 Å². The first-order chi connectivity index (χ1) is 12.3. The van der Waals surface area contributed by atoms with E-state index >= 15 is 0 Å². The average Bonchev–Trinajstić information content (AvgIpc) is 2.94. The van der Waals surface area contributed by atoms with Gasteiger partial charge in [0.25, 0.3) is 10.0 Å². The fraction of sp³-hybridized carbons (Fsp3) is 0.150. The van der Waals surface area contributed by atoms with Gasteiger partial charge in [-0.2, -0.15) is 0 Å². The zero-order valence-corrected chi connectivity index (χ0v) is 15.1. The summed E-state index contributed by atoms with van der Waals surface area (Å²) >= 11 is 0. The molecule has 3 rings (SSSR count). The molecule has 2 aromatic carbocycles. The van der Waals surface area contributed by atoms with E-state index in [2.05, 4.69) is 11.8 Å². The molecular weight excluding hydrogens is 350 g/mol. The number of carbonyl (C=O) groups is 1. The van der Waals surface area contributed by atoms with E-state index in [1.807, 2.05) is 0 Å². The largest absolute Gasteiger partial charge is 0.378 e. The van der Waals surface area contributed by atoms with Crippen molar-refractivity contribution in [2.45, 2.75) is 24.3 Å². The van der Waals surface area contributed by atoms with Gasteiger partial charge in [0.1, 0.15) is 11.3 Å². The third-order valence-electron chi connectivity index (χ3n) is 3.75. The minimum Gasteiger partial charge on any atom is -0.378 e. The predicted molar refractivity (Wildman–Crippen MR) is 99.5 cm³/mol. The number of hydrogen-bond acceptors (Lipinski definition) is 4. The van der Waals surface area contributed by atoms with Gasteiger partial charge in [-0.1, -0.05) is 48.2 Å². The van der Waals surface area contributed by atoms with Crippen molar-refractivity contribution in [3.05, 3.63) is 65.9 Å². The van der Waals surface area contributed by atoms with Crippen molar-refractivity contribution in [3.8, 4) is 11.8 Å². The lowest BCUT2D eigenvalue weighted by atomic mass is 10.1. The van der Waals surface area contributed by atoms with Crippen LogP contribution in [0.3, 0.4) is 0 Å². The minimum atomic E-state index is -3.99. The third-order valence-corrected chi connectivity index (χ3v) is 5.50. The number of aliphatic hydroxyl groups is 1. The van der Waals surface area contributed by atoms with Crippen molar-refractivity contribution >= 4 is 27.2 Å². The molecule has 0 aliphatic rings. The first-order valence-electron chi connectivity index (χ1n) is 7.90. The van der Waals surface area contributed by atoms with Gasteiger partial charge in [0.2, 0.25) is 0 Å². The summed E-state index contributed by atoms with van der Waals surface area (Å²) in [5.41, 5.74) is -0.704. The molecular formula is C20H17NO4S. The Bertz CT molecular complexity index is 1140. The lowest BCUT2D eigenvalue weighted by molar-refractivity contribution is 0.111. The number of aldehydes is 1. The fourth-order valence-corrected chi connectivity index (χ4v) is 4.17. The molecule has 0 aliphatic carbocycles. The Labute approximate surface area is 151 Å². The Kier molecular flexibility index (Phi) is 4.45. The van der Waals surface area contributed by atoms with Crippen LogP contribution in [0.4, 0.5) is 0 Å². The zero-order chi connectivity index (χ0) is 18.9. The molecule has 0 unspecified atom stereocenters. The first kappa shape index (κ1) is 17.9. The smallest absolute Gasteiger partial charge is 0.268 e. The molecule has 0 radical (unpaired) electrons. The van der Waals surface area contributed by atoms with Gasteiger partial charge in [-0.15, -0.1) is 0 Å². The SMILES string of the molecule is CC(C)(O)C#Cc1c(C=O)n(S(=O)(=O)c2ccccc2)c2ccccc12. The van der Waals surface area contributed by atoms with Crippen LogP contribution in [0.2, 0.25) is 0 Å². The predicted octanol–water partition coefficient (Wildman–Crippen LogP) is 2.81. The van der Waals surface area contributed by atoms with Crippen molar-refractivity contribution in [2.75, 3.05) is 0 Å². The molecule has 3 aromatic rings. The molecule has 5 nitrogen and oxygen atoms in total. The van der Waals surface area contributed by atoms with Crippen LogP contribution >= 0.6 is 0 Å². The van der Waals surface area contributed by atoms with Crippen molar-refractivity contribution in [1.29, 1.82) is 0 Å². The summed E-state index contributed by atoms with van der Waals surface area (Å²) in [5.74, 6) is 5.42. The maximum Gasteiger partial charge on any atom is 0.268 e. The van der Waals surface area contributed by atoms with Gasteiger partial charge in [0, 0.05) is 5.39 Å². The van der Waals surface area contributed by atoms with E-state index in [1.165, 1.54) is 26.0 Å². The molecule has 1 aromatic heterocycles. The number of fused-ring (bicyclic) bond motifs is 1. The van der Waals surface area contributed by atoms with E-state index in [0.29, 0.717) is 17.2 Å². The summed E-state index contributed by atoms with van der Waals surface area (Å²) in [5, 5.41) is 10.4. The van der Waals surface area contributed by atoms with Gasteiger partial charge in [0.15, 0.2) is 6.29 Å². The molecule has 1 heterocycles. The van der Waals surface area contributed by atoms with E-state index in [9.17, 15) is 18.3 Å². The van der Waals surface area contributed by atoms with Crippen molar-refractivity contribution in [2.24, 2.45) is 0 Å². The highest BCUT2D eigenvalue weighted by Gasteiger charge is 2.26. The quantitative estimate of drug-likeness (QED) is 0.570. The number of para-hydroxylation sites is 1. The second-order valence-corrected chi connectivity index (χ2v) is 8.07. The van der Waals surface area contributed by atoms with Gasteiger partial charge in [0.05, 0.1) is 16.0 Å². The topological polar surface area (TPSA) is 76.4 Å². The summed E-state index contributed by atoms with van der Waals surface area (Å²) in [4.78, 5) is 11.9. The summed E-state index contributed by atoms with van der Waals surface area (Å²) in [6, 6.07) is 14.7. The van der Waals surface area contributed by atoms with Gasteiger partial charge in [-0.25, -0.2) is 12.4 Å². The molecule has 1 N–H and O–H groups in total. The lowest BCUT2D eigenvalue weighted by Gasteiger charge is -2.09. The van der Waals surface area contributed by atoms with E-state index in [0.717, 1.165) is 3.97 Å². The Hall–Kier alpha value is -2.88. The Morgan fingerprint density at radius 1 is 1.04 bits per heavy atom. The third kappa shape index (κ3) is 3.15. The number of rotatable bonds is 3. The number of benzene rings is 2. The lowest BCUT2D eigenvalue weighted by Crippen LogP contribution is -2.16. The highest BCUT2D eigenvalue weighted by atomic mass is 32.2. The first-order valence-corrected chi connectivity index (χ1v) is 9.34. The molecule has 0 spiro atoms. The highest BCUT2D eigenvalue weighted by molar-refractivity contribution is 7.90. The highest BCUT2D eigenvalue weighted by Crippen LogP contribution is 2.29. The Morgan fingerprint density at radius 3 is 2.27 bits per heavy atom. The Morgan fingerprint density at radius 2 is 1.65 bits per heavy atom. The van der Waals surface area contributed by atoms with Gasteiger partial charge in [-0.3, -0.25) is 4.79 Å². The van der Waals surface area contributed by atoms with Crippen molar-refractivity contribution < 1.29 is 18.3 Å². The van der Waals surface area contributed by atoms with Crippen LogP contribution < -0.4 is 0 Å². The normalized spacial score (nSPS) is 11.8. The van der Waals surface area contributed by atoms with E-state index in [4.69, 9.17) is 0 Å². The van der Waals surface area contributed by atoms with Crippen molar-refractivity contribution in [3.63, 3.8) is 0 Å². The number of hydrogen-bond donors (Lipinski definition) is 1. The molecule has 132 valence electrons. The van der Waals surface area contributed by atoms with Crippen LogP contribution in [0.5, 0.6) is 0 Å². The van der Waals surface area contributed by atoms with E-state index in [-0.39, 0.29) is 16.2 Å². The summed E-state index contributed by atoms with van der Waals surface area (Å²) in [6.45, 7) is 3.03. The maximum absolute atomic E-state index is 13.1. The van der Waals surface area contributed by atoms with Crippen LogP contribution in [0.15, 0.2) is 59.5 Å². The average molecular weight is 367 g/mol. The van der Waals surface area contributed by atoms with Gasteiger partial charge in [-0.05, 0) is 32.0 Å². The minimum absolute atomic E-state index is 0.0631. The van der Waals surface area contributed by atoms with Crippen LogP contribution in [0.25, 0.3) is 10.9 Å². The summed E-state index contributed by atoms with van der Waals surface area (Å²) in [7, 11) is -3.99. The number of carbonyl (C=O) groups excluding carboxylic acids is 1. The molecule has 0 fully saturated rings. The molecule has 0 atom stereocenters. The Balaban J connectivity index is 2.40. The van der Waals surface area contributed by atoms with Crippen molar-refractivity contribution in [1.82, 2.24) is 3.97 Å². The van der Waals surface area contributed by atoms with Crippen LogP contribution in [-0.4, -0.2) is 29.4 Å². The summed E-state index contributed by atoms with van der Waals surface area (Å²) < 4.78 is 27.3. The molecule has 6 heteroatoms. The number of aromatic nitrogens is 1. The standard InChI is InChI=1S/C20H17NO4S/c1-20(2,23)13-12-17-16-10-6-7-11-18(16)21(19(17)14-22)26(24,25)15-8-4-3-5-9-15/h3-11,14,23H,1-2H3. The molecule has 0 amide bonds. The van der Waals surface area contributed by atoms with E-state index < -0.39 is 15.6 Å². The second kappa shape index (κ2) is 6.45. The van der Waals surface area contributed by atoms with Gasteiger partial charge < -0.3 is 5.11 Å².